The SMILES string of the molecule is CN(CC=CC(=O)N1CC[C@@H](n2c(-c3ncco3)c(-c3ccc(Oc4ccccc4)cc3)c3c(N)ncnc32)C1)C1CC1. The topological polar surface area (TPSA) is 116 Å². The quantitative estimate of drug-likeness (QED) is 0.228. The summed E-state index contributed by atoms with van der Waals surface area (Å²) in [5.41, 5.74) is 9.68. The van der Waals surface area contributed by atoms with Gasteiger partial charge in [-0.2, -0.15) is 0 Å². The highest BCUT2D eigenvalue weighted by atomic mass is 16.5. The lowest BCUT2D eigenvalue weighted by Gasteiger charge is -2.18. The summed E-state index contributed by atoms with van der Waals surface area (Å²) in [6.45, 7) is 1.95. The minimum atomic E-state index is -0.0559. The summed E-state index contributed by atoms with van der Waals surface area (Å²) < 4.78 is 14.0. The first-order chi connectivity index (χ1) is 21.1. The summed E-state index contributed by atoms with van der Waals surface area (Å²) >= 11 is 0. The number of likely N-dealkylation sites (tertiary alicyclic amines) is 1. The molecule has 218 valence electrons. The molecule has 1 saturated carbocycles. The highest BCUT2D eigenvalue weighted by Gasteiger charge is 2.34. The number of nitrogens with two attached hydrogens (primary N) is 1. The zero-order valence-electron chi connectivity index (χ0n) is 24.0. The van der Waals surface area contributed by atoms with E-state index in [1.54, 1.807) is 18.5 Å². The van der Waals surface area contributed by atoms with E-state index < -0.39 is 0 Å². The summed E-state index contributed by atoms with van der Waals surface area (Å²) in [4.78, 5) is 30.9. The lowest BCUT2D eigenvalue weighted by molar-refractivity contribution is -0.125. The van der Waals surface area contributed by atoms with Crippen LogP contribution in [0.2, 0.25) is 0 Å². The summed E-state index contributed by atoms with van der Waals surface area (Å²) in [6.07, 6.45) is 11.6. The minimum absolute atomic E-state index is 0.0178. The summed E-state index contributed by atoms with van der Waals surface area (Å²) in [6, 6.07) is 18.1. The van der Waals surface area contributed by atoms with Crippen molar-refractivity contribution < 1.29 is 13.9 Å². The Morgan fingerprint density at radius 1 is 1.07 bits per heavy atom. The van der Waals surface area contributed by atoms with Gasteiger partial charge >= 0.3 is 0 Å². The zero-order valence-corrected chi connectivity index (χ0v) is 24.0. The molecule has 2 aromatic carbocycles. The Morgan fingerprint density at radius 3 is 2.60 bits per heavy atom. The van der Waals surface area contributed by atoms with Gasteiger partial charge in [0.1, 0.15) is 41.2 Å². The van der Waals surface area contributed by atoms with Crippen LogP contribution in [0.25, 0.3) is 33.7 Å². The lowest BCUT2D eigenvalue weighted by Crippen LogP contribution is -2.28. The van der Waals surface area contributed by atoms with E-state index in [0.717, 1.165) is 40.9 Å². The molecule has 1 aliphatic heterocycles. The van der Waals surface area contributed by atoms with Gasteiger partial charge in [-0.25, -0.2) is 15.0 Å². The molecule has 10 heteroatoms. The van der Waals surface area contributed by atoms with Crippen molar-refractivity contribution in [3.63, 3.8) is 0 Å². The molecule has 1 aliphatic carbocycles. The third-order valence-corrected chi connectivity index (χ3v) is 8.23. The predicted molar refractivity (Wildman–Crippen MR) is 164 cm³/mol. The number of likely N-dealkylation sites (N-methyl/N-ethyl adjacent to an activating group) is 1. The largest absolute Gasteiger partial charge is 0.457 e. The van der Waals surface area contributed by atoms with Crippen molar-refractivity contribution in [1.29, 1.82) is 0 Å². The predicted octanol–water partition coefficient (Wildman–Crippen LogP) is 5.55. The molecule has 1 amide bonds. The van der Waals surface area contributed by atoms with Gasteiger partial charge in [-0.3, -0.25) is 9.69 Å². The van der Waals surface area contributed by atoms with Crippen LogP contribution in [0.3, 0.4) is 0 Å². The van der Waals surface area contributed by atoms with Crippen molar-refractivity contribution in [2.75, 3.05) is 32.4 Å². The van der Waals surface area contributed by atoms with Gasteiger partial charge in [0.25, 0.3) is 0 Å². The van der Waals surface area contributed by atoms with Crippen molar-refractivity contribution in [2.45, 2.75) is 31.3 Å². The number of nitrogen functional groups attached to an aromatic ring is 1. The standard InChI is InChI=1S/C33H33N7O3/c1-38(23-11-12-23)17-5-8-27(41)39-18-15-24(20-39)40-30(33-35-16-19-42-33)28(29-31(34)36-21-37-32(29)40)22-9-13-26(14-10-22)43-25-6-3-2-4-7-25/h2-10,13-14,16,19,21,23-24H,11-12,15,17-18,20H2,1H3,(H2,34,36,37)/t24-/m1/s1. The van der Waals surface area contributed by atoms with Gasteiger partial charge in [0.05, 0.1) is 17.6 Å². The van der Waals surface area contributed by atoms with Gasteiger partial charge in [0, 0.05) is 37.3 Å². The molecule has 2 aliphatic rings. The highest BCUT2D eigenvalue weighted by Crippen LogP contribution is 2.45. The smallest absolute Gasteiger partial charge is 0.246 e. The number of rotatable bonds is 9. The van der Waals surface area contributed by atoms with Crippen LogP contribution in [0.5, 0.6) is 11.5 Å². The third-order valence-electron chi connectivity index (χ3n) is 8.23. The first kappa shape index (κ1) is 26.9. The molecule has 0 unspecified atom stereocenters. The summed E-state index contributed by atoms with van der Waals surface area (Å²) in [5.74, 6) is 2.30. The van der Waals surface area contributed by atoms with E-state index >= 15 is 0 Å². The maximum Gasteiger partial charge on any atom is 0.246 e. The fourth-order valence-electron chi connectivity index (χ4n) is 5.90. The highest BCUT2D eigenvalue weighted by molar-refractivity contribution is 6.07. The van der Waals surface area contributed by atoms with Gasteiger partial charge in [0.2, 0.25) is 11.8 Å². The van der Waals surface area contributed by atoms with E-state index in [-0.39, 0.29) is 11.9 Å². The molecule has 5 aromatic rings. The Bertz CT molecular complexity index is 1760. The molecule has 0 bridgehead atoms. The average Bonchev–Trinajstić information content (AvgIpc) is 3.38. The van der Waals surface area contributed by atoms with Crippen LogP contribution in [-0.4, -0.2) is 67.9 Å². The number of amides is 1. The van der Waals surface area contributed by atoms with E-state index in [1.807, 2.05) is 65.6 Å². The number of hydrogen-bond acceptors (Lipinski definition) is 8. The van der Waals surface area contributed by atoms with Crippen LogP contribution < -0.4 is 10.5 Å². The van der Waals surface area contributed by atoms with Crippen LogP contribution in [0, 0.1) is 0 Å². The van der Waals surface area contributed by atoms with Crippen molar-refractivity contribution in [2.24, 2.45) is 0 Å². The van der Waals surface area contributed by atoms with Gasteiger partial charge in [-0.05, 0) is 56.1 Å². The van der Waals surface area contributed by atoms with Crippen molar-refractivity contribution in [3.8, 4) is 34.2 Å². The van der Waals surface area contributed by atoms with Gasteiger partial charge in [0.15, 0.2) is 0 Å². The molecule has 1 atom stereocenters. The second-order valence-corrected chi connectivity index (χ2v) is 11.1. The van der Waals surface area contributed by atoms with Crippen LogP contribution in [-0.2, 0) is 4.79 Å². The third kappa shape index (κ3) is 5.37. The first-order valence-electron chi connectivity index (χ1n) is 14.6. The fourth-order valence-corrected chi connectivity index (χ4v) is 5.90. The number of ether oxygens (including phenoxy) is 1. The zero-order chi connectivity index (χ0) is 29.3. The number of benzene rings is 2. The van der Waals surface area contributed by atoms with E-state index in [9.17, 15) is 4.79 Å². The Labute approximate surface area is 249 Å². The van der Waals surface area contributed by atoms with E-state index in [0.29, 0.717) is 42.2 Å². The maximum atomic E-state index is 13.1. The number of anilines is 1. The Balaban J connectivity index is 1.24. The Kier molecular flexibility index (Phi) is 7.12. The fraction of sp³-hybridized carbons (Fsp3) is 0.273. The van der Waals surface area contributed by atoms with E-state index in [4.69, 9.17) is 19.9 Å². The molecule has 7 rings (SSSR count). The molecule has 0 spiro atoms. The second kappa shape index (κ2) is 11.4. The average molecular weight is 576 g/mol. The van der Waals surface area contributed by atoms with Crippen LogP contribution in [0.4, 0.5) is 5.82 Å². The minimum Gasteiger partial charge on any atom is -0.457 e. The molecular formula is C33H33N7O3. The second-order valence-electron chi connectivity index (χ2n) is 11.1. The lowest BCUT2D eigenvalue weighted by atomic mass is 10.0. The number of nitrogens with zero attached hydrogens (tertiary/aromatic N) is 6. The molecule has 3 aromatic heterocycles. The van der Waals surface area contributed by atoms with E-state index in [1.165, 1.54) is 19.2 Å². The number of aromatic nitrogens is 4. The molecule has 10 nitrogen and oxygen atoms in total. The molecule has 1 saturated heterocycles. The summed E-state index contributed by atoms with van der Waals surface area (Å²) in [5, 5.41) is 0.722. The summed E-state index contributed by atoms with van der Waals surface area (Å²) in [7, 11) is 2.11. The number of carbonyl (C=O) groups excluding carboxylic acids is 1. The maximum absolute atomic E-state index is 13.1. The van der Waals surface area contributed by atoms with Crippen molar-refractivity contribution >= 4 is 22.8 Å². The van der Waals surface area contributed by atoms with Gasteiger partial charge in [-0.1, -0.05) is 36.4 Å². The van der Waals surface area contributed by atoms with E-state index in [2.05, 4.69) is 26.5 Å². The molecule has 4 heterocycles. The van der Waals surface area contributed by atoms with Gasteiger partial charge < -0.3 is 24.4 Å². The number of para-hydroxylation sites is 1. The molecule has 43 heavy (non-hydrogen) atoms. The monoisotopic (exact) mass is 575 g/mol. The van der Waals surface area contributed by atoms with Gasteiger partial charge in [-0.15, -0.1) is 0 Å². The molecular weight excluding hydrogens is 542 g/mol. The number of carbonyl (C=O) groups is 1. The van der Waals surface area contributed by atoms with Crippen LogP contribution >= 0.6 is 0 Å². The molecule has 0 radical (unpaired) electrons. The van der Waals surface area contributed by atoms with Crippen molar-refractivity contribution in [3.05, 3.63) is 85.5 Å². The van der Waals surface area contributed by atoms with Crippen molar-refractivity contribution in [1.82, 2.24) is 29.3 Å². The van der Waals surface area contributed by atoms with Crippen LogP contribution in [0.1, 0.15) is 25.3 Å². The Morgan fingerprint density at radius 2 is 1.86 bits per heavy atom. The number of oxazole rings is 1. The first-order valence-corrected chi connectivity index (χ1v) is 14.6. The van der Waals surface area contributed by atoms with Crippen LogP contribution in [0.15, 0.2) is 90.0 Å². The molecule has 2 N–H and O–H groups in total. The number of hydrogen-bond donors (Lipinski definition) is 1. The number of fused-ring (bicyclic) bond motifs is 1. The Hall–Kier alpha value is -4.96. The normalized spacial score (nSPS) is 17.0. The molecule has 2 fully saturated rings.